The van der Waals surface area contributed by atoms with Gasteiger partial charge in [0.2, 0.25) is 0 Å². The largest absolute Gasteiger partial charge is 0.348 e. The van der Waals surface area contributed by atoms with Crippen LogP contribution in [0.25, 0.3) is 0 Å². The summed E-state index contributed by atoms with van der Waals surface area (Å²) in [5, 5.41) is 3.88. The lowest BCUT2D eigenvalue weighted by Crippen LogP contribution is -2.39. The van der Waals surface area contributed by atoms with Crippen molar-refractivity contribution in [2.24, 2.45) is 5.92 Å². The summed E-state index contributed by atoms with van der Waals surface area (Å²) in [7, 11) is 0. The smallest absolute Gasteiger partial charge is 0.251 e. The highest BCUT2D eigenvalue weighted by Crippen LogP contribution is 2.22. The van der Waals surface area contributed by atoms with Gasteiger partial charge in [-0.15, -0.1) is 0 Å². The summed E-state index contributed by atoms with van der Waals surface area (Å²) >= 11 is 3.45. The van der Waals surface area contributed by atoms with Crippen molar-refractivity contribution in [3.05, 3.63) is 34.9 Å². The molecule has 1 aromatic carbocycles. The highest BCUT2D eigenvalue weighted by molar-refractivity contribution is 9.09. The zero-order valence-corrected chi connectivity index (χ0v) is 12.6. The van der Waals surface area contributed by atoms with Gasteiger partial charge in [-0.1, -0.05) is 35.8 Å². The first-order valence-electron chi connectivity index (χ1n) is 6.60. The number of fused-ring (bicyclic) bond motifs is 1. The van der Waals surface area contributed by atoms with E-state index in [4.69, 9.17) is 0 Å². The molecule has 3 heteroatoms. The van der Waals surface area contributed by atoms with Crippen LogP contribution in [-0.4, -0.2) is 17.3 Å². The standard InChI is InChI=1S/C15H20BrNO/c1-10(2)14(9-16)17-15(18)13-7-6-11-4-3-5-12(11)8-13/h6-8,10,14H,3-5,9H2,1-2H3,(H,17,18). The van der Waals surface area contributed by atoms with Gasteiger partial charge in [-0.3, -0.25) is 4.79 Å². The lowest BCUT2D eigenvalue weighted by molar-refractivity contribution is 0.0931. The number of alkyl halides is 1. The van der Waals surface area contributed by atoms with Crippen molar-refractivity contribution in [2.45, 2.75) is 39.2 Å². The Morgan fingerprint density at radius 1 is 1.33 bits per heavy atom. The first kappa shape index (κ1) is 13.6. The molecule has 0 fully saturated rings. The fraction of sp³-hybridized carbons (Fsp3) is 0.533. The minimum absolute atomic E-state index is 0.0443. The second-order valence-electron chi connectivity index (χ2n) is 5.32. The fourth-order valence-electron chi connectivity index (χ4n) is 2.35. The van der Waals surface area contributed by atoms with Gasteiger partial charge in [0.05, 0.1) is 0 Å². The first-order chi connectivity index (χ1) is 8.61. The number of amides is 1. The summed E-state index contributed by atoms with van der Waals surface area (Å²) < 4.78 is 0. The Bertz CT molecular complexity index is 442. The van der Waals surface area contributed by atoms with Crippen LogP contribution in [0.3, 0.4) is 0 Å². The minimum atomic E-state index is 0.0443. The molecule has 0 radical (unpaired) electrons. The van der Waals surface area contributed by atoms with Crippen LogP contribution in [0, 0.1) is 5.92 Å². The van der Waals surface area contributed by atoms with Crippen LogP contribution in [0.2, 0.25) is 0 Å². The number of carbonyl (C=O) groups excluding carboxylic acids is 1. The van der Waals surface area contributed by atoms with Gasteiger partial charge in [0.1, 0.15) is 0 Å². The number of hydrogen-bond acceptors (Lipinski definition) is 1. The quantitative estimate of drug-likeness (QED) is 0.849. The lowest BCUT2D eigenvalue weighted by Gasteiger charge is -2.20. The third-order valence-corrected chi connectivity index (χ3v) is 4.35. The van der Waals surface area contributed by atoms with E-state index in [1.807, 2.05) is 6.07 Å². The molecule has 2 rings (SSSR count). The molecule has 1 N–H and O–H groups in total. The van der Waals surface area contributed by atoms with Gasteiger partial charge in [-0.25, -0.2) is 0 Å². The summed E-state index contributed by atoms with van der Waals surface area (Å²) in [4.78, 5) is 12.2. The number of nitrogens with one attached hydrogen (secondary N) is 1. The molecule has 0 aliphatic heterocycles. The van der Waals surface area contributed by atoms with Crippen LogP contribution in [0.5, 0.6) is 0 Å². The molecule has 1 unspecified atom stereocenters. The maximum absolute atomic E-state index is 12.2. The molecule has 0 heterocycles. The maximum Gasteiger partial charge on any atom is 0.251 e. The van der Waals surface area contributed by atoms with Crippen molar-refractivity contribution in [3.63, 3.8) is 0 Å². The summed E-state index contributed by atoms with van der Waals surface area (Å²) in [5.74, 6) is 0.477. The van der Waals surface area contributed by atoms with Gasteiger partial charge in [0, 0.05) is 16.9 Å². The number of benzene rings is 1. The molecule has 98 valence electrons. The van der Waals surface area contributed by atoms with Crippen LogP contribution in [0.15, 0.2) is 18.2 Å². The molecule has 2 nitrogen and oxygen atoms in total. The van der Waals surface area contributed by atoms with Crippen molar-refractivity contribution in [1.29, 1.82) is 0 Å². The third kappa shape index (κ3) is 2.94. The molecule has 0 bridgehead atoms. The monoisotopic (exact) mass is 309 g/mol. The Hall–Kier alpha value is -0.830. The molecular weight excluding hydrogens is 290 g/mol. The highest BCUT2D eigenvalue weighted by Gasteiger charge is 2.18. The van der Waals surface area contributed by atoms with E-state index in [2.05, 4.69) is 47.2 Å². The first-order valence-corrected chi connectivity index (χ1v) is 7.72. The Morgan fingerprint density at radius 2 is 2.06 bits per heavy atom. The molecular formula is C15H20BrNO. The molecule has 1 aliphatic carbocycles. The van der Waals surface area contributed by atoms with Crippen LogP contribution >= 0.6 is 15.9 Å². The van der Waals surface area contributed by atoms with Crippen LogP contribution in [-0.2, 0) is 12.8 Å². The summed E-state index contributed by atoms with van der Waals surface area (Å²) in [5.41, 5.74) is 3.55. The van der Waals surface area contributed by atoms with Crippen LogP contribution < -0.4 is 5.32 Å². The maximum atomic E-state index is 12.2. The van der Waals surface area contributed by atoms with Crippen molar-refractivity contribution in [1.82, 2.24) is 5.32 Å². The number of aryl methyl sites for hydroxylation is 2. The molecule has 0 spiro atoms. The second-order valence-corrected chi connectivity index (χ2v) is 5.96. The molecule has 0 saturated heterocycles. The minimum Gasteiger partial charge on any atom is -0.348 e. The van der Waals surface area contributed by atoms with Gasteiger partial charge in [-0.05, 0) is 48.4 Å². The topological polar surface area (TPSA) is 29.1 Å². The van der Waals surface area contributed by atoms with Crippen LogP contribution in [0.1, 0.15) is 41.8 Å². The third-order valence-electron chi connectivity index (χ3n) is 3.65. The van der Waals surface area contributed by atoms with Crippen LogP contribution in [0.4, 0.5) is 0 Å². The number of carbonyl (C=O) groups is 1. The Kier molecular flexibility index (Phi) is 4.44. The molecule has 0 saturated carbocycles. The molecule has 1 aliphatic rings. The Balaban J connectivity index is 2.09. The zero-order valence-electron chi connectivity index (χ0n) is 11.0. The van der Waals surface area contributed by atoms with E-state index in [9.17, 15) is 4.79 Å². The number of hydrogen-bond donors (Lipinski definition) is 1. The molecule has 1 amide bonds. The van der Waals surface area contributed by atoms with Crippen molar-refractivity contribution in [3.8, 4) is 0 Å². The van der Waals surface area contributed by atoms with E-state index < -0.39 is 0 Å². The molecule has 1 atom stereocenters. The summed E-state index contributed by atoms with van der Waals surface area (Å²) in [6.07, 6.45) is 3.49. The van der Waals surface area contributed by atoms with Gasteiger partial charge in [0.25, 0.3) is 5.91 Å². The van der Waals surface area contributed by atoms with E-state index in [0.717, 1.165) is 23.7 Å². The molecule has 0 aromatic heterocycles. The van der Waals surface area contributed by atoms with E-state index in [-0.39, 0.29) is 11.9 Å². The predicted molar refractivity (Wildman–Crippen MR) is 78.4 cm³/mol. The van der Waals surface area contributed by atoms with Gasteiger partial charge < -0.3 is 5.32 Å². The number of rotatable bonds is 4. The van der Waals surface area contributed by atoms with E-state index in [1.165, 1.54) is 17.5 Å². The zero-order chi connectivity index (χ0) is 13.1. The predicted octanol–water partition coefficient (Wildman–Crippen LogP) is 3.32. The van der Waals surface area contributed by atoms with Crippen molar-refractivity contribution >= 4 is 21.8 Å². The van der Waals surface area contributed by atoms with E-state index >= 15 is 0 Å². The SMILES string of the molecule is CC(C)C(CBr)NC(=O)c1ccc2c(c1)CCC2. The van der Waals surface area contributed by atoms with Gasteiger partial charge in [0.15, 0.2) is 0 Å². The van der Waals surface area contributed by atoms with Crippen molar-refractivity contribution in [2.75, 3.05) is 5.33 Å². The van der Waals surface area contributed by atoms with Crippen molar-refractivity contribution < 1.29 is 4.79 Å². The second kappa shape index (κ2) is 5.87. The Labute approximate surface area is 117 Å². The fourth-order valence-corrected chi connectivity index (χ4v) is 3.26. The van der Waals surface area contributed by atoms with Gasteiger partial charge in [-0.2, -0.15) is 0 Å². The summed E-state index contributed by atoms with van der Waals surface area (Å²) in [6.45, 7) is 4.24. The molecule has 1 aromatic rings. The molecule has 18 heavy (non-hydrogen) atoms. The Morgan fingerprint density at radius 3 is 2.72 bits per heavy atom. The lowest BCUT2D eigenvalue weighted by atomic mass is 10.0. The normalized spacial score (nSPS) is 15.6. The highest BCUT2D eigenvalue weighted by atomic mass is 79.9. The average molecular weight is 310 g/mol. The van der Waals surface area contributed by atoms with Gasteiger partial charge >= 0.3 is 0 Å². The number of halogens is 1. The van der Waals surface area contributed by atoms with E-state index in [1.54, 1.807) is 0 Å². The van der Waals surface area contributed by atoms with E-state index in [0.29, 0.717) is 5.92 Å². The summed E-state index contributed by atoms with van der Waals surface area (Å²) in [6, 6.07) is 6.30. The average Bonchev–Trinajstić information content (AvgIpc) is 2.82.